The summed E-state index contributed by atoms with van der Waals surface area (Å²) in [6.07, 6.45) is -0.616. The summed E-state index contributed by atoms with van der Waals surface area (Å²) in [7, 11) is 1.46. The molecule has 3 heterocycles. The lowest BCUT2D eigenvalue weighted by molar-refractivity contribution is -0.147. The lowest BCUT2D eigenvalue weighted by Crippen LogP contribution is -2.65. The number of nitrogens with one attached hydrogen (secondary N) is 10. The Labute approximate surface area is 412 Å². The van der Waals surface area contributed by atoms with E-state index in [1.165, 1.54) is 25.8 Å². The Morgan fingerprint density at radius 2 is 1.24 bits per heavy atom. The lowest BCUT2D eigenvalue weighted by atomic mass is 9.97. The van der Waals surface area contributed by atoms with Gasteiger partial charge in [-0.25, -0.2) is 0 Å². The Morgan fingerprint density at radius 3 is 1.81 bits per heavy atom. The van der Waals surface area contributed by atoms with Gasteiger partial charge in [0.2, 0.25) is 70.9 Å². The molecular formula is C42H64N14O16. The SMILES string of the molecule is C=CC1NC(=O)C2CCCCN2C(=O)C(NC(=O)C(N)CC(N)=O)C(C)NC(=O)C2CCCN2C(=O)CNC(=O)C(C(C)NC)NC(=O)CNC(=O)C(CC(=O)O)NC(=O)CNC(=O)C(CC(=O)O)NC1=O. The monoisotopic (exact) mass is 1020 g/mol. The van der Waals surface area contributed by atoms with Crippen LogP contribution in [0.3, 0.4) is 0 Å². The minimum Gasteiger partial charge on any atom is -0.481 e. The normalized spacial score (nSPS) is 27.2. The molecule has 0 radical (unpaired) electrons. The molecule has 3 aliphatic heterocycles. The molecule has 10 unspecified atom stereocenters. The van der Waals surface area contributed by atoms with Crippen LogP contribution in [-0.2, 0) is 67.1 Å². The van der Waals surface area contributed by atoms with Crippen molar-refractivity contribution in [3.63, 3.8) is 0 Å². The zero-order valence-corrected chi connectivity index (χ0v) is 39.9. The minimum absolute atomic E-state index is 0.00338. The Kier molecular flexibility index (Phi) is 22.4. The fraction of sp³-hybridized carbons (Fsp3) is 0.619. The van der Waals surface area contributed by atoms with Crippen LogP contribution in [0.25, 0.3) is 0 Å². The fourth-order valence-electron chi connectivity index (χ4n) is 7.88. The highest BCUT2D eigenvalue weighted by atomic mass is 16.4. The Balaban J connectivity index is 2.05. The van der Waals surface area contributed by atoms with Gasteiger partial charge in [0, 0.05) is 19.1 Å². The minimum atomic E-state index is -1.91. The molecule has 0 aromatic rings. The summed E-state index contributed by atoms with van der Waals surface area (Å²) in [4.78, 5) is 186. The van der Waals surface area contributed by atoms with Gasteiger partial charge in [-0.2, -0.15) is 0 Å². The third kappa shape index (κ3) is 17.3. The molecule has 3 saturated heterocycles. The maximum Gasteiger partial charge on any atom is 0.305 e. The second-order valence-corrected chi connectivity index (χ2v) is 17.2. The van der Waals surface area contributed by atoms with E-state index in [0.717, 1.165) is 11.0 Å². The Hall–Kier alpha value is -7.76. The number of nitrogens with two attached hydrogens (primary N) is 2. The van der Waals surface area contributed by atoms with Gasteiger partial charge in [-0.15, -0.1) is 6.58 Å². The van der Waals surface area contributed by atoms with Crippen molar-refractivity contribution in [3.8, 4) is 0 Å². The average molecular weight is 1020 g/mol. The van der Waals surface area contributed by atoms with Gasteiger partial charge in [-0.05, 0) is 53.0 Å². The second kappa shape index (κ2) is 27.6. The molecule has 30 heteroatoms. The molecule has 3 aliphatic rings. The molecule has 10 atom stereocenters. The van der Waals surface area contributed by atoms with Crippen LogP contribution in [0.15, 0.2) is 12.7 Å². The van der Waals surface area contributed by atoms with Gasteiger partial charge in [0.1, 0.15) is 42.3 Å². The van der Waals surface area contributed by atoms with E-state index >= 15 is 0 Å². The first-order valence-electron chi connectivity index (χ1n) is 22.9. The summed E-state index contributed by atoms with van der Waals surface area (Å²) < 4.78 is 0. The third-order valence-corrected chi connectivity index (χ3v) is 11.8. The van der Waals surface area contributed by atoms with E-state index < -0.39 is 182 Å². The number of primary amides is 1. The van der Waals surface area contributed by atoms with Crippen molar-refractivity contribution < 1.29 is 77.3 Å². The zero-order chi connectivity index (χ0) is 54.0. The van der Waals surface area contributed by atoms with E-state index in [-0.39, 0.29) is 25.9 Å². The largest absolute Gasteiger partial charge is 0.481 e. The van der Waals surface area contributed by atoms with Crippen LogP contribution in [0.4, 0.5) is 0 Å². The van der Waals surface area contributed by atoms with Crippen LogP contribution in [0.2, 0.25) is 0 Å². The third-order valence-electron chi connectivity index (χ3n) is 11.8. The molecule has 3 rings (SSSR count). The first kappa shape index (κ1) is 58.6. The van der Waals surface area contributed by atoms with Crippen molar-refractivity contribution in [2.24, 2.45) is 11.5 Å². The first-order chi connectivity index (χ1) is 33.9. The number of carboxylic acid groups (broad SMARTS) is 2. The van der Waals surface area contributed by atoms with Crippen molar-refractivity contribution in [1.82, 2.24) is 63.0 Å². The lowest BCUT2D eigenvalue weighted by Gasteiger charge is -2.39. The van der Waals surface area contributed by atoms with Crippen molar-refractivity contribution in [2.45, 2.75) is 126 Å². The van der Waals surface area contributed by atoms with Gasteiger partial charge in [0.25, 0.3) is 0 Å². The molecule has 16 N–H and O–H groups in total. The van der Waals surface area contributed by atoms with Crippen LogP contribution in [-0.4, -0.2) is 203 Å². The molecule has 0 saturated carbocycles. The summed E-state index contributed by atoms with van der Waals surface area (Å²) >= 11 is 0. The molecule has 0 aliphatic carbocycles. The van der Waals surface area contributed by atoms with Crippen LogP contribution in [0.1, 0.15) is 65.2 Å². The number of rotatable bonds is 11. The van der Waals surface area contributed by atoms with E-state index in [1.54, 1.807) is 0 Å². The molecule has 0 aromatic heterocycles. The van der Waals surface area contributed by atoms with Crippen molar-refractivity contribution in [3.05, 3.63) is 12.7 Å². The number of fused-ring (bicyclic) bond motifs is 2. The Morgan fingerprint density at radius 1 is 0.708 bits per heavy atom. The molecule has 3 fully saturated rings. The number of piperidine rings is 1. The van der Waals surface area contributed by atoms with Crippen LogP contribution in [0, 0.1) is 0 Å². The van der Waals surface area contributed by atoms with E-state index in [9.17, 15) is 77.3 Å². The number of carbonyl (C=O) groups is 14. The Bertz CT molecular complexity index is 2140. The highest BCUT2D eigenvalue weighted by Crippen LogP contribution is 2.21. The topological polar surface area (TPSA) is 458 Å². The molecular weight excluding hydrogens is 957 g/mol. The van der Waals surface area contributed by atoms with E-state index in [1.807, 2.05) is 0 Å². The number of nitrogens with zero attached hydrogens (tertiary/aromatic N) is 2. The quantitative estimate of drug-likeness (QED) is 0.0855. The molecule has 0 aromatic carbocycles. The van der Waals surface area contributed by atoms with Gasteiger partial charge in [-0.1, -0.05) is 6.08 Å². The first-order valence-corrected chi connectivity index (χ1v) is 22.9. The zero-order valence-electron chi connectivity index (χ0n) is 39.9. The summed E-state index contributed by atoms with van der Waals surface area (Å²) in [6.45, 7) is 3.80. The van der Waals surface area contributed by atoms with Crippen LogP contribution < -0.4 is 64.6 Å². The van der Waals surface area contributed by atoms with Gasteiger partial charge >= 0.3 is 11.9 Å². The predicted octanol–water partition coefficient (Wildman–Crippen LogP) is -8.40. The molecule has 0 bridgehead atoms. The number of likely N-dealkylation sites (N-methyl/N-ethyl adjacent to an activating group) is 1. The van der Waals surface area contributed by atoms with Crippen molar-refractivity contribution >= 4 is 82.8 Å². The number of aliphatic carboxylic acids is 2. The van der Waals surface area contributed by atoms with Gasteiger partial charge < -0.3 is 84.6 Å². The number of carboxylic acids is 2. The highest BCUT2D eigenvalue weighted by Gasteiger charge is 2.42. The molecule has 72 heavy (non-hydrogen) atoms. The average Bonchev–Trinajstić information content (AvgIpc) is 3.83. The highest BCUT2D eigenvalue weighted by molar-refractivity contribution is 6.00. The molecule has 0 spiro atoms. The van der Waals surface area contributed by atoms with E-state index in [4.69, 9.17) is 11.5 Å². The summed E-state index contributed by atoms with van der Waals surface area (Å²) in [5.41, 5.74) is 11.1. The second-order valence-electron chi connectivity index (χ2n) is 17.2. The van der Waals surface area contributed by atoms with E-state index in [0.29, 0.717) is 19.3 Å². The molecule has 30 nitrogen and oxygen atoms in total. The standard InChI is InChI=1S/C42H64N14O16/c1-5-22-38(68)52-24(15-32(63)64)37(67)46-16-28(58)50-23(14-31(61)62)36(66)47-17-29(59)53-33(19(2)45-4)41(71)48-18-30(60)55-12-8-10-25(55)39(69)49-20(3)34(54-35(65)21(43)13-27(44)57)42(72)56-11-7-6-9-26(56)40(70)51-22/h5,19-26,33-34,45H,1,6-18,43H2,2-4H3,(H2,44,57)(H,46,67)(H,47,66)(H,48,71)(H,49,69)(H,50,58)(H,51,70)(H,52,68)(H,53,59)(H,54,65)(H,61,62)(H,63,64). The number of amides is 12. The van der Waals surface area contributed by atoms with E-state index in [2.05, 4.69) is 59.7 Å². The maximum absolute atomic E-state index is 14.6. The van der Waals surface area contributed by atoms with Crippen LogP contribution in [0.5, 0.6) is 0 Å². The smallest absolute Gasteiger partial charge is 0.305 e. The number of hydrogen-bond acceptors (Lipinski definition) is 16. The van der Waals surface area contributed by atoms with Crippen LogP contribution >= 0.6 is 0 Å². The predicted molar refractivity (Wildman–Crippen MR) is 245 cm³/mol. The molecule has 398 valence electrons. The number of carbonyl (C=O) groups excluding carboxylic acids is 12. The fourth-order valence-corrected chi connectivity index (χ4v) is 7.88. The van der Waals surface area contributed by atoms with Crippen molar-refractivity contribution in [1.29, 1.82) is 0 Å². The molecule has 12 amide bonds. The summed E-state index contributed by atoms with van der Waals surface area (Å²) in [6, 6.07) is -14.7. The van der Waals surface area contributed by atoms with Crippen molar-refractivity contribution in [2.75, 3.05) is 39.8 Å². The van der Waals surface area contributed by atoms with Gasteiger partial charge in [0.15, 0.2) is 0 Å². The van der Waals surface area contributed by atoms with Gasteiger partial charge in [0.05, 0.1) is 51.0 Å². The summed E-state index contributed by atoms with van der Waals surface area (Å²) in [5, 5.41) is 42.4. The maximum atomic E-state index is 14.6. The summed E-state index contributed by atoms with van der Waals surface area (Å²) in [5.74, 6) is -15.2. The van der Waals surface area contributed by atoms with Gasteiger partial charge in [-0.3, -0.25) is 67.1 Å². The number of hydrogen-bond donors (Lipinski definition) is 14.